The first-order valence-electron chi connectivity index (χ1n) is 10.6. The Morgan fingerprint density at radius 3 is 1.73 bits per heavy atom. The molecule has 3 rings (SSSR count). The van der Waals surface area contributed by atoms with Crippen LogP contribution in [-0.2, 0) is 11.2 Å². The molecule has 0 radical (unpaired) electrons. The van der Waals surface area contributed by atoms with Gasteiger partial charge in [0.2, 0.25) is 5.91 Å². The molecule has 0 N–H and O–H groups in total. The third-order valence-electron chi connectivity index (χ3n) is 5.18. The fourth-order valence-corrected chi connectivity index (χ4v) is 3.96. The van der Waals surface area contributed by atoms with Crippen molar-refractivity contribution in [1.29, 1.82) is 0 Å². The highest BCUT2D eigenvalue weighted by Crippen LogP contribution is 2.27. The van der Waals surface area contributed by atoms with Gasteiger partial charge in [0.05, 0.1) is 11.1 Å². The van der Waals surface area contributed by atoms with Gasteiger partial charge in [-0.15, -0.1) is 0 Å². The molecule has 0 spiro atoms. The van der Waals surface area contributed by atoms with Gasteiger partial charge < -0.3 is 4.90 Å². The summed E-state index contributed by atoms with van der Waals surface area (Å²) in [6, 6.07) is 15.5. The molecule has 5 nitrogen and oxygen atoms in total. The molecule has 158 valence electrons. The Kier molecular flexibility index (Phi) is 6.70. The molecular weight excluding hydrogens is 376 g/mol. The van der Waals surface area contributed by atoms with Crippen LogP contribution in [0.3, 0.4) is 0 Å². The predicted octanol–water partition coefficient (Wildman–Crippen LogP) is 4.03. The lowest BCUT2D eigenvalue weighted by Crippen LogP contribution is -2.53. The maximum atomic E-state index is 13.7. The molecule has 0 fully saturated rings. The molecular formula is C25H30N2O3. The topological polar surface area (TPSA) is 57.7 Å². The van der Waals surface area contributed by atoms with Crippen LogP contribution in [-0.4, -0.2) is 46.7 Å². The first-order chi connectivity index (χ1) is 14.3. The summed E-state index contributed by atoms with van der Waals surface area (Å²) in [5, 5.41) is 0. The molecule has 2 aromatic carbocycles. The summed E-state index contributed by atoms with van der Waals surface area (Å²) in [5.74, 6) is -0.381. The summed E-state index contributed by atoms with van der Waals surface area (Å²) >= 11 is 0. The van der Waals surface area contributed by atoms with Gasteiger partial charge >= 0.3 is 0 Å². The van der Waals surface area contributed by atoms with E-state index in [1.165, 1.54) is 4.90 Å². The summed E-state index contributed by atoms with van der Waals surface area (Å²) in [6.07, 6.45) is 0.303. The second-order valence-electron chi connectivity index (χ2n) is 8.76. The Morgan fingerprint density at radius 1 is 0.800 bits per heavy atom. The highest BCUT2D eigenvalue weighted by atomic mass is 16.2. The Labute approximate surface area is 178 Å². The summed E-state index contributed by atoms with van der Waals surface area (Å²) in [7, 11) is 0. The molecule has 1 aliphatic heterocycles. The quantitative estimate of drug-likeness (QED) is 0.622. The standard InChI is InChI=1S/C25H30N2O3/c1-17(2)15-26(16-18(3)4)25(30)22(14-19-10-6-5-7-11-19)27-23(28)20-12-8-9-13-21(20)24(27)29/h5-13,17-18,22H,14-16H2,1-4H3. The maximum Gasteiger partial charge on any atom is 0.262 e. The number of benzene rings is 2. The fourth-order valence-electron chi connectivity index (χ4n) is 3.96. The van der Waals surface area contributed by atoms with Gasteiger partial charge in [-0.25, -0.2) is 0 Å². The summed E-state index contributed by atoms with van der Waals surface area (Å²) in [4.78, 5) is 43.0. The van der Waals surface area contributed by atoms with E-state index in [0.29, 0.717) is 30.6 Å². The van der Waals surface area contributed by atoms with Crippen molar-refractivity contribution in [3.05, 3.63) is 71.3 Å². The second-order valence-corrected chi connectivity index (χ2v) is 8.76. The monoisotopic (exact) mass is 406 g/mol. The lowest BCUT2D eigenvalue weighted by molar-refractivity contribution is -0.136. The number of hydrogen-bond acceptors (Lipinski definition) is 3. The van der Waals surface area contributed by atoms with Gasteiger partial charge in [-0.1, -0.05) is 70.2 Å². The van der Waals surface area contributed by atoms with Crippen molar-refractivity contribution in [2.45, 2.75) is 40.2 Å². The molecule has 1 atom stereocenters. The van der Waals surface area contributed by atoms with Crippen LogP contribution < -0.4 is 0 Å². The summed E-state index contributed by atoms with van der Waals surface area (Å²) < 4.78 is 0. The van der Waals surface area contributed by atoms with Gasteiger partial charge in [-0.3, -0.25) is 19.3 Å². The minimum absolute atomic E-state index is 0.171. The zero-order chi connectivity index (χ0) is 21.8. The van der Waals surface area contributed by atoms with E-state index in [1.54, 1.807) is 24.3 Å². The van der Waals surface area contributed by atoms with Crippen molar-refractivity contribution >= 4 is 17.7 Å². The zero-order valence-electron chi connectivity index (χ0n) is 18.2. The Bertz CT molecular complexity index is 876. The third kappa shape index (κ3) is 4.61. The van der Waals surface area contributed by atoms with E-state index < -0.39 is 6.04 Å². The van der Waals surface area contributed by atoms with Crippen molar-refractivity contribution in [3.8, 4) is 0 Å². The van der Waals surface area contributed by atoms with Crippen LogP contribution in [0.4, 0.5) is 0 Å². The van der Waals surface area contributed by atoms with Crippen molar-refractivity contribution < 1.29 is 14.4 Å². The molecule has 0 bridgehead atoms. The maximum absolute atomic E-state index is 13.7. The molecule has 0 aromatic heterocycles. The molecule has 0 saturated heterocycles. The Morgan fingerprint density at radius 2 is 1.27 bits per heavy atom. The molecule has 2 aromatic rings. The number of nitrogens with zero attached hydrogens (tertiary/aromatic N) is 2. The largest absolute Gasteiger partial charge is 0.340 e. The first kappa shape index (κ1) is 21.8. The molecule has 1 heterocycles. The van der Waals surface area contributed by atoms with Crippen molar-refractivity contribution in [1.82, 2.24) is 9.80 Å². The third-order valence-corrected chi connectivity index (χ3v) is 5.18. The zero-order valence-corrected chi connectivity index (χ0v) is 18.2. The number of carbonyl (C=O) groups excluding carboxylic acids is 3. The number of rotatable bonds is 8. The fraction of sp³-hybridized carbons (Fsp3) is 0.400. The van der Waals surface area contributed by atoms with E-state index in [9.17, 15) is 14.4 Å². The smallest absolute Gasteiger partial charge is 0.262 e. The van der Waals surface area contributed by atoms with Gasteiger partial charge in [0.15, 0.2) is 0 Å². The van der Waals surface area contributed by atoms with E-state index in [0.717, 1.165) is 5.56 Å². The van der Waals surface area contributed by atoms with Gasteiger partial charge in [-0.2, -0.15) is 0 Å². The van der Waals surface area contributed by atoms with Gasteiger partial charge in [0.25, 0.3) is 11.8 Å². The highest BCUT2D eigenvalue weighted by Gasteiger charge is 2.43. The van der Waals surface area contributed by atoms with Crippen molar-refractivity contribution in [2.24, 2.45) is 11.8 Å². The summed E-state index contributed by atoms with van der Waals surface area (Å²) in [5.41, 5.74) is 1.65. The minimum atomic E-state index is -0.864. The lowest BCUT2D eigenvalue weighted by Gasteiger charge is -2.33. The molecule has 0 aliphatic carbocycles. The Balaban J connectivity index is 1.99. The van der Waals surface area contributed by atoms with E-state index >= 15 is 0 Å². The van der Waals surface area contributed by atoms with Crippen LogP contribution in [0.25, 0.3) is 0 Å². The predicted molar refractivity (Wildman–Crippen MR) is 117 cm³/mol. The molecule has 0 saturated carbocycles. The lowest BCUT2D eigenvalue weighted by atomic mass is 10.0. The van der Waals surface area contributed by atoms with Crippen LogP contribution in [0.15, 0.2) is 54.6 Å². The number of imide groups is 1. The van der Waals surface area contributed by atoms with E-state index in [2.05, 4.69) is 27.7 Å². The van der Waals surface area contributed by atoms with Crippen LogP contribution >= 0.6 is 0 Å². The molecule has 3 amide bonds. The van der Waals surface area contributed by atoms with Gasteiger partial charge in [0, 0.05) is 19.5 Å². The number of amides is 3. The number of hydrogen-bond donors (Lipinski definition) is 0. The van der Waals surface area contributed by atoms with Crippen LogP contribution in [0.1, 0.15) is 54.0 Å². The average molecular weight is 407 g/mol. The summed E-state index contributed by atoms with van der Waals surface area (Å²) in [6.45, 7) is 9.43. The van der Waals surface area contributed by atoms with Gasteiger partial charge in [-0.05, 0) is 29.5 Å². The number of fused-ring (bicyclic) bond motifs is 1. The average Bonchev–Trinajstić information content (AvgIpc) is 2.96. The molecule has 30 heavy (non-hydrogen) atoms. The van der Waals surface area contributed by atoms with Crippen LogP contribution in [0, 0.1) is 11.8 Å². The minimum Gasteiger partial charge on any atom is -0.340 e. The van der Waals surface area contributed by atoms with E-state index in [4.69, 9.17) is 0 Å². The van der Waals surface area contributed by atoms with E-state index in [-0.39, 0.29) is 29.6 Å². The van der Waals surface area contributed by atoms with Gasteiger partial charge in [0.1, 0.15) is 6.04 Å². The van der Waals surface area contributed by atoms with Crippen molar-refractivity contribution in [2.75, 3.05) is 13.1 Å². The second kappa shape index (κ2) is 9.24. The first-order valence-corrected chi connectivity index (χ1v) is 10.6. The molecule has 5 heteroatoms. The normalized spacial score (nSPS) is 14.4. The SMILES string of the molecule is CC(C)CN(CC(C)C)C(=O)C(Cc1ccccc1)N1C(=O)c2ccccc2C1=O. The number of carbonyl (C=O) groups is 3. The van der Waals surface area contributed by atoms with Crippen LogP contribution in [0.2, 0.25) is 0 Å². The van der Waals surface area contributed by atoms with Crippen molar-refractivity contribution in [3.63, 3.8) is 0 Å². The molecule has 1 unspecified atom stereocenters. The Hall–Kier alpha value is -2.95. The van der Waals surface area contributed by atoms with E-state index in [1.807, 2.05) is 35.2 Å². The molecule has 1 aliphatic rings. The highest BCUT2D eigenvalue weighted by molar-refractivity contribution is 6.22. The van der Waals surface area contributed by atoms with Crippen LogP contribution in [0.5, 0.6) is 0 Å².